The number of benzene rings is 1. The van der Waals surface area contributed by atoms with Gasteiger partial charge in [-0.2, -0.15) is 5.10 Å². The monoisotopic (exact) mass is 253 g/mol. The lowest BCUT2D eigenvalue weighted by atomic mass is 10.1. The first kappa shape index (κ1) is 11.7. The summed E-state index contributed by atoms with van der Waals surface area (Å²) in [4.78, 5) is 0. The number of furan rings is 1. The second-order valence-corrected chi connectivity index (χ2v) is 4.37. The Balaban J connectivity index is 1.67. The molecule has 0 aliphatic carbocycles. The first-order valence-electron chi connectivity index (χ1n) is 6.23. The number of nitrogens with zero attached hydrogens (tertiary/aromatic N) is 1. The Bertz CT molecular complexity index is 614. The summed E-state index contributed by atoms with van der Waals surface area (Å²) >= 11 is 0. The summed E-state index contributed by atoms with van der Waals surface area (Å²) < 4.78 is 5.04. The summed E-state index contributed by atoms with van der Waals surface area (Å²) in [6.45, 7) is 1.56. The van der Waals surface area contributed by atoms with Crippen LogP contribution in [0.2, 0.25) is 0 Å². The molecule has 0 radical (unpaired) electrons. The summed E-state index contributed by atoms with van der Waals surface area (Å²) in [5, 5.41) is 10.6. The smallest absolute Gasteiger partial charge is 0.0947 e. The topological polar surface area (TPSA) is 53.9 Å². The Morgan fingerprint density at radius 3 is 2.79 bits per heavy atom. The fraction of sp³-hybridized carbons (Fsp3) is 0.133. The number of H-pyrrole nitrogens is 1. The van der Waals surface area contributed by atoms with Crippen molar-refractivity contribution in [2.45, 2.75) is 13.1 Å². The number of hydrogen-bond donors (Lipinski definition) is 2. The van der Waals surface area contributed by atoms with E-state index in [1.54, 1.807) is 12.5 Å². The van der Waals surface area contributed by atoms with Gasteiger partial charge in [0.25, 0.3) is 0 Å². The minimum atomic E-state index is 0.770. The fourth-order valence-corrected chi connectivity index (χ4v) is 2.03. The third-order valence-electron chi connectivity index (χ3n) is 3.00. The van der Waals surface area contributed by atoms with Gasteiger partial charge in [-0.3, -0.25) is 5.10 Å². The van der Waals surface area contributed by atoms with Gasteiger partial charge < -0.3 is 9.73 Å². The molecule has 4 nitrogen and oxygen atoms in total. The Kier molecular flexibility index (Phi) is 3.42. The van der Waals surface area contributed by atoms with E-state index in [4.69, 9.17) is 4.42 Å². The van der Waals surface area contributed by atoms with Crippen LogP contribution in [-0.2, 0) is 13.1 Å². The molecule has 0 bridgehead atoms. The van der Waals surface area contributed by atoms with E-state index in [9.17, 15) is 0 Å². The molecule has 0 amide bonds. The number of aromatic amines is 1. The highest BCUT2D eigenvalue weighted by Crippen LogP contribution is 2.20. The predicted octanol–water partition coefficient (Wildman–Crippen LogP) is 2.96. The highest BCUT2D eigenvalue weighted by Gasteiger charge is 2.06. The minimum absolute atomic E-state index is 0.770. The average Bonchev–Trinajstić information content (AvgIpc) is 3.11. The Labute approximate surface area is 111 Å². The van der Waals surface area contributed by atoms with Crippen LogP contribution in [0.15, 0.2) is 59.5 Å². The lowest BCUT2D eigenvalue weighted by Gasteiger charge is -2.04. The van der Waals surface area contributed by atoms with E-state index < -0.39 is 0 Å². The van der Waals surface area contributed by atoms with Gasteiger partial charge in [-0.25, -0.2) is 0 Å². The van der Waals surface area contributed by atoms with Gasteiger partial charge in [0.05, 0.1) is 24.4 Å². The third kappa shape index (κ3) is 2.74. The van der Waals surface area contributed by atoms with Crippen LogP contribution < -0.4 is 5.32 Å². The molecule has 0 saturated carbocycles. The van der Waals surface area contributed by atoms with E-state index in [0.29, 0.717) is 0 Å². The van der Waals surface area contributed by atoms with Gasteiger partial charge in [-0.1, -0.05) is 30.3 Å². The maximum absolute atomic E-state index is 5.04. The molecule has 0 spiro atoms. The van der Waals surface area contributed by atoms with Crippen LogP contribution in [-0.4, -0.2) is 10.2 Å². The Hall–Kier alpha value is -2.33. The van der Waals surface area contributed by atoms with Crippen LogP contribution in [0, 0.1) is 0 Å². The van der Waals surface area contributed by atoms with Crippen LogP contribution in [0.25, 0.3) is 11.3 Å². The van der Waals surface area contributed by atoms with Gasteiger partial charge in [0, 0.05) is 24.2 Å². The van der Waals surface area contributed by atoms with E-state index >= 15 is 0 Å². The van der Waals surface area contributed by atoms with Gasteiger partial charge in [0.1, 0.15) is 0 Å². The molecule has 3 rings (SSSR count). The van der Waals surface area contributed by atoms with Crippen molar-refractivity contribution in [3.05, 3.63) is 66.2 Å². The van der Waals surface area contributed by atoms with Gasteiger partial charge in [-0.15, -0.1) is 0 Å². The Morgan fingerprint density at radius 1 is 1.11 bits per heavy atom. The number of hydrogen-bond acceptors (Lipinski definition) is 3. The molecule has 2 aromatic heterocycles. The van der Waals surface area contributed by atoms with Crippen LogP contribution in [0.5, 0.6) is 0 Å². The lowest BCUT2D eigenvalue weighted by molar-refractivity contribution is 0.560. The van der Waals surface area contributed by atoms with Gasteiger partial charge in [-0.05, 0) is 11.6 Å². The highest BCUT2D eigenvalue weighted by atomic mass is 16.3. The molecule has 1 aromatic carbocycles. The fourth-order valence-electron chi connectivity index (χ4n) is 2.03. The predicted molar refractivity (Wildman–Crippen MR) is 73.3 cm³/mol. The normalized spacial score (nSPS) is 10.7. The quantitative estimate of drug-likeness (QED) is 0.735. The van der Waals surface area contributed by atoms with Crippen LogP contribution in [0.1, 0.15) is 11.1 Å². The molecular weight excluding hydrogens is 238 g/mol. The molecular formula is C15H15N3O. The van der Waals surface area contributed by atoms with E-state index in [1.807, 2.05) is 30.5 Å². The van der Waals surface area contributed by atoms with E-state index in [1.165, 1.54) is 0 Å². The zero-order chi connectivity index (χ0) is 12.9. The molecule has 0 aliphatic rings. The van der Waals surface area contributed by atoms with Crippen molar-refractivity contribution in [3.63, 3.8) is 0 Å². The van der Waals surface area contributed by atoms with Gasteiger partial charge in [0.2, 0.25) is 0 Å². The van der Waals surface area contributed by atoms with Crippen LogP contribution in [0.4, 0.5) is 0 Å². The average molecular weight is 253 g/mol. The number of rotatable bonds is 5. The molecule has 2 N–H and O–H groups in total. The molecule has 96 valence electrons. The highest BCUT2D eigenvalue weighted by molar-refractivity contribution is 5.62. The van der Waals surface area contributed by atoms with Crippen molar-refractivity contribution >= 4 is 0 Å². The van der Waals surface area contributed by atoms with Crippen molar-refractivity contribution in [2.75, 3.05) is 0 Å². The molecule has 0 atom stereocenters. The lowest BCUT2D eigenvalue weighted by Crippen LogP contribution is -2.12. The minimum Gasteiger partial charge on any atom is -0.472 e. The third-order valence-corrected chi connectivity index (χ3v) is 3.00. The van der Waals surface area contributed by atoms with E-state index in [2.05, 4.69) is 27.6 Å². The largest absolute Gasteiger partial charge is 0.472 e. The first-order chi connectivity index (χ1) is 9.43. The molecule has 0 fully saturated rings. The van der Waals surface area contributed by atoms with Gasteiger partial charge in [0.15, 0.2) is 0 Å². The summed E-state index contributed by atoms with van der Waals surface area (Å²) in [5.74, 6) is 0. The summed E-state index contributed by atoms with van der Waals surface area (Å²) in [6.07, 6.45) is 5.30. The number of nitrogens with one attached hydrogen (secondary N) is 2. The maximum Gasteiger partial charge on any atom is 0.0947 e. The first-order valence-corrected chi connectivity index (χ1v) is 6.23. The van der Waals surface area contributed by atoms with Crippen molar-refractivity contribution in [3.8, 4) is 11.3 Å². The van der Waals surface area contributed by atoms with E-state index in [0.717, 1.165) is 35.5 Å². The molecule has 19 heavy (non-hydrogen) atoms. The summed E-state index contributed by atoms with van der Waals surface area (Å²) in [5.41, 5.74) is 4.53. The van der Waals surface area contributed by atoms with Crippen molar-refractivity contribution in [2.24, 2.45) is 0 Å². The molecule has 3 aromatic rings. The van der Waals surface area contributed by atoms with Crippen LogP contribution in [0.3, 0.4) is 0 Å². The maximum atomic E-state index is 5.04. The van der Waals surface area contributed by atoms with Crippen molar-refractivity contribution < 1.29 is 4.42 Å². The summed E-state index contributed by atoms with van der Waals surface area (Å²) in [6, 6.07) is 12.2. The molecule has 0 unspecified atom stereocenters. The standard InChI is InChI=1S/C15H15N3O/c1-2-4-13(5-3-1)15-14(10-17-18-15)9-16-8-12-6-7-19-11-12/h1-7,10-11,16H,8-9H2,(H,17,18). The molecule has 0 saturated heterocycles. The van der Waals surface area contributed by atoms with Gasteiger partial charge >= 0.3 is 0 Å². The second kappa shape index (κ2) is 5.54. The molecule has 2 heterocycles. The molecule has 0 aliphatic heterocycles. The van der Waals surface area contributed by atoms with Crippen molar-refractivity contribution in [1.29, 1.82) is 0 Å². The molecule has 4 heteroatoms. The van der Waals surface area contributed by atoms with E-state index in [-0.39, 0.29) is 0 Å². The summed E-state index contributed by atoms with van der Waals surface area (Å²) in [7, 11) is 0. The Morgan fingerprint density at radius 2 is 2.00 bits per heavy atom. The SMILES string of the molecule is c1ccc(-c2[nH]ncc2CNCc2ccoc2)cc1. The second-order valence-electron chi connectivity index (χ2n) is 4.37. The number of aromatic nitrogens is 2. The zero-order valence-corrected chi connectivity index (χ0v) is 10.5. The van der Waals surface area contributed by atoms with Crippen molar-refractivity contribution in [1.82, 2.24) is 15.5 Å². The van der Waals surface area contributed by atoms with Crippen LogP contribution >= 0.6 is 0 Å². The zero-order valence-electron chi connectivity index (χ0n) is 10.5.